The summed E-state index contributed by atoms with van der Waals surface area (Å²) in [5, 5.41) is 36.3. The van der Waals surface area contributed by atoms with Crippen LogP contribution in [0, 0.1) is 0 Å². The van der Waals surface area contributed by atoms with E-state index < -0.39 is 34.9 Å². The number of rotatable bonds is 9. The van der Waals surface area contributed by atoms with E-state index in [1.807, 2.05) is 0 Å². The Morgan fingerprint density at radius 2 is 2.23 bits per heavy atom. The van der Waals surface area contributed by atoms with E-state index in [1.54, 1.807) is 7.11 Å². The van der Waals surface area contributed by atoms with Crippen LogP contribution in [0.1, 0.15) is 10.7 Å². The third-order valence-corrected chi connectivity index (χ3v) is 8.82. The van der Waals surface area contributed by atoms with Crippen molar-refractivity contribution in [3.05, 3.63) is 27.4 Å². The third kappa shape index (κ3) is 5.82. The zero-order valence-corrected chi connectivity index (χ0v) is 23.6. The van der Waals surface area contributed by atoms with E-state index in [9.17, 15) is 24.7 Å². The number of carboxylic acids is 1. The van der Waals surface area contributed by atoms with Crippen molar-refractivity contribution in [3.8, 4) is 0 Å². The Kier molecular flexibility index (Phi) is 9.55. The molecule has 0 bridgehead atoms. The number of carboxylic acid groups (broad SMARTS) is 1. The first-order valence-electron chi connectivity index (χ1n) is 9.40. The monoisotopic (exact) mass is 565 g/mol. The second-order valence-corrected chi connectivity index (χ2v) is 11.1. The Labute approximate surface area is 236 Å². The fourth-order valence-electron chi connectivity index (χ4n) is 3.23. The SMILES string of the molecule is COCc1nnc(SCC2=C(C(=O)[O-])N3C(=O)C(NC(=O)/C(=N/O)c4csc(N)n4)C3SC2)s1.[Na+]. The molecule has 0 saturated carbocycles. The van der Waals surface area contributed by atoms with Gasteiger partial charge in [-0.3, -0.25) is 14.5 Å². The van der Waals surface area contributed by atoms with E-state index in [0.29, 0.717) is 27.3 Å². The molecule has 4 rings (SSSR count). The zero-order valence-electron chi connectivity index (χ0n) is 18.3. The topological polar surface area (TPSA) is 196 Å². The van der Waals surface area contributed by atoms with Gasteiger partial charge in [-0.15, -0.1) is 33.3 Å². The molecule has 0 radical (unpaired) electrons. The van der Waals surface area contributed by atoms with Gasteiger partial charge in [0.15, 0.2) is 15.2 Å². The summed E-state index contributed by atoms with van der Waals surface area (Å²) in [7, 11) is 1.55. The quantitative estimate of drug-likeness (QED) is 0.0669. The molecule has 2 amide bonds. The number of ether oxygens (including phenoxy) is 1. The van der Waals surface area contributed by atoms with Crippen molar-refractivity contribution in [2.75, 3.05) is 24.3 Å². The van der Waals surface area contributed by atoms with Crippen LogP contribution in [0.4, 0.5) is 5.13 Å². The Morgan fingerprint density at radius 1 is 1.46 bits per heavy atom. The summed E-state index contributed by atoms with van der Waals surface area (Å²) in [4.78, 5) is 42.2. The number of hydrogen-bond donors (Lipinski definition) is 3. The van der Waals surface area contributed by atoms with Crippen molar-refractivity contribution in [2.45, 2.75) is 22.4 Å². The normalized spacial score (nSPS) is 19.6. The minimum atomic E-state index is -1.48. The van der Waals surface area contributed by atoms with Crippen molar-refractivity contribution < 1.29 is 59.0 Å². The van der Waals surface area contributed by atoms with E-state index in [0.717, 1.165) is 16.2 Å². The number of hydrogen-bond acceptors (Lipinski definition) is 15. The van der Waals surface area contributed by atoms with Crippen LogP contribution in [0.15, 0.2) is 26.1 Å². The first-order chi connectivity index (χ1) is 16.3. The Balaban J connectivity index is 0.00000342. The van der Waals surface area contributed by atoms with Gasteiger partial charge in [-0.1, -0.05) is 28.3 Å². The molecule has 18 heteroatoms. The smallest absolute Gasteiger partial charge is 0.543 e. The summed E-state index contributed by atoms with van der Waals surface area (Å²) in [6.07, 6.45) is 0. The minimum Gasteiger partial charge on any atom is -0.543 e. The second kappa shape index (κ2) is 12.0. The first-order valence-corrected chi connectivity index (χ1v) is 13.1. The van der Waals surface area contributed by atoms with E-state index >= 15 is 0 Å². The number of anilines is 1. The van der Waals surface area contributed by atoms with Gasteiger partial charge in [-0.25, -0.2) is 4.98 Å². The number of carbonyl (C=O) groups is 3. The number of aliphatic carboxylic acids is 1. The summed E-state index contributed by atoms with van der Waals surface area (Å²) in [6.45, 7) is 0.330. The van der Waals surface area contributed by atoms with E-state index in [4.69, 9.17) is 10.5 Å². The standard InChI is InChI=1S/C17H17N7O6S4.Na/c1-30-2-8-21-22-17(34-8)33-4-6-3-31-14-10(13(26)24(14)11(6)15(27)28)20-12(25)9(23-29)7-5-32-16(18)19-7;/h5,10,14,29H,2-4H2,1H3,(H2,18,19)(H,20,25)(H,27,28);/q;+1/p-1/b23-9+;. The van der Waals surface area contributed by atoms with Crippen molar-refractivity contribution in [1.82, 2.24) is 25.4 Å². The van der Waals surface area contributed by atoms with E-state index in [2.05, 4.69) is 25.7 Å². The molecule has 35 heavy (non-hydrogen) atoms. The van der Waals surface area contributed by atoms with Crippen LogP contribution in [0.25, 0.3) is 0 Å². The van der Waals surface area contributed by atoms with Crippen LogP contribution in [-0.2, 0) is 25.7 Å². The van der Waals surface area contributed by atoms with Gasteiger partial charge in [0.1, 0.15) is 22.1 Å². The number of thioether (sulfide) groups is 2. The molecule has 2 aromatic heterocycles. The Bertz CT molecular complexity index is 1200. The molecule has 4 heterocycles. The molecule has 2 aromatic rings. The number of methoxy groups -OCH3 is 1. The van der Waals surface area contributed by atoms with Gasteiger partial charge >= 0.3 is 29.6 Å². The summed E-state index contributed by atoms with van der Waals surface area (Å²) in [5.74, 6) is -2.34. The summed E-state index contributed by atoms with van der Waals surface area (Å²) in [5.41, 5.74) is 5.49. The van der Waals surface area contributed by atoms with Crippen LogP contribution in [-0.4, -0.2) is 78.8 Å². The predicted molar refractivity (Wildman–Crippen MR) is 123 cm³/mol. The van der Waals surface area contributed by atoms with Gasteiger partial charge in [0.05, 0.1) is 18.3 Å². The summed E-state index contributed by atoms with van der Waals surface area (Å²) in [6, 6.07) is -1.01. The van der Waals surface area contributed by atoms with Gasteiger partial charge in [-0.2, -0.15) is 0 Å². The van der Waals surface area contributed by atoms with Crippen LogP contribution >= 0.6 is 46.2 Å². The molecule has 0 spiro atoms. The number of nitrogens with one attached hydrogen (secondary N) is 1. The van der Waals surface area contributed by atoms with Crippen molar-refractivity contribution in [1.29, 1.82) is 0 Å². The van der Waals surface area contributed by atoms with Crippen molar-refractivity contribution >= 4 is 74.8 Å². The largest absolute Gasteiger partial charge is 1.00 e. The molecule has 1 saturated heterocycles. The van der Waals surface area contributed by atoms with Gasteiger partial charge in [0.25, 0.3) is 11.8 Å². The molecule has 2 atom stereocenters. The number of thiazole rings is 1. The number of nitrogen functional groups attached to an aromatic ring is 1. The maximum Gasteiger partial charge on any atom is 1.00 e. The minimum absolute atomic E-state index is 0. The molecule has 13 nitrogen and oxygen atoms in total. The van der Waals surface area contributed by atoms with Crippen LogP contribution in [0.5, 0.6) is 0 Å². The predicted octanol–water partition coefficient (Wildman–Crippen LogP) is -3.90. The molecule has 1 fully saturated rings. The first kappa shape index (κ1) is 27.9. The average molecular weight is 566 g/mol. The number of oxime groups is 1. The summed E-state index contributed by atoms with van der Waals surface area (Å²) < 4.78 is 5.65. The fraction of sp³-hybridized carbons (Fsp3) is 0.353. The molecule has 0 aliphatic carbocycles. The van der Waals surface area contributed by atoms with Gasteiger partial charge in [-0.05, 0) is 5.57 Å². The van der Waals surface area contributed by atoms with Crippen LogP contribution < -0.4 is 45.7 Å². The third-order valence-electron chi connectivity index (χ3n) is 4.69. The molecule has 2 aliphatic heterocycles. The van der Waals surface area contributed by atoms with Crippen LogP contribution in [0.3, 0.4) is 0 Å². The molecule has 180 valence electrons. The number of aromatic nitrogens is 3. The maximum atomic E-state index is 12.8. The Morgan fingerprint density at radius 3 is 2.86 bits per heavy atom. The van der Waals surface area contributed by atoms with Crippen molar-refractivity contribution in [2.24, 2.45) is 5.16 Å². The number of nitrogens with zero attached hydrogens (tertiary/aromatic N) is 5. The average Bonchev–Trinajstić information content (AvgIpc) is 3.44. The molecular weight excluding hydrogens is 549 g/mol. The van der Waals surface area contributed by atoms with Gasteiger partial charge < -0.3 is 30.9 Å². The van der Waals surface area contributed by atoms with E-state index in [-0.39, 0.29) is 51.8 Å². The number of amides is 2. The molecule has 4 N–H and O–H groups in total. The molecule has 0 aromatic carbocycles. The molecule has 2 aliphatic rings. The van der Waals surface area contributed by atoms with Gasteiger partial charge in [0.2, 0.25) is 0 Å². The van der Waals surface area contributed by atoms with Gasteiger partial charge in [0, 0.05) is 24.0 Å². The zero-order chi connectivity index (χ0) is 24.4. The number of nitrogens with two attached hydrogens (primary N) is 1. The van der Waals surface area contributed by atoms with Crippen LogP contribution in [0.2, 0.25) is 0 Å². The number of fused-ring (bicyclic) bond motifs is 1. The maximum absolute atomic E-state index is 12.8. The fourth-order valence-corrected chi connectivity index (χ4v) is 7.13. The van der Waals surface area contributed by atoms with Crippen molar-refractivity contribution in [3.63, 3.8) is 0 Å². The summed E-state index contributed by atoms with van der Waals surface area (Å²) >= 11 is 4.99. The molecule has 2 unspecified atom stereocenters. The Hall–Kier alpha value is -1.73. The van der Waals surface area contributed by atoms with E-state index in [1.165, 1.54) is 40.2 Å². The number of carbonyl (C=O) groups excluding carboxylic acids is 3. The number of β-lactam (4-membered cyclic amide) rings is 1. The molecular formula is C17H16N7NaO6S4. The second-order valence-electron chi connectivity index (χ2n) is 6.80.